The Hall–Kier alpha value is -2.45. The van der Waals surface area contributed by atoms with Gasteiger partial charge in [-0.3, -0.25) is 19.7 Å². The van der Waals surface area contributed by atoms with Crippen molar-refractivity contribution in [2.24, 2.45) is 0 Å². The number of nitrogens with zero attached hydrogens (tertiary/aromatic N) is 4. The summed E-state index contributed by atoms with van der Waals surface area (Å²) in [5.41, 5.74) is 1.02. The van der Waals surface area contributed by atoms with Crippen LogP contribution in [0, 0.1) is 10.1 Å². The van der Waals surface area contributed by atoms with Gasteiger partial charge in [0.25, 0.3) is 0 Å². The molecule has 2 aromatic rings. The van der Waals surface area contributed by atoms with E-state index in [1.54, 1.807) is 0 Å². The first kappa shape index (κ1) is 15.4. The largest absolute Gasteiger partial charge is 0.492 e. The molecule has 0 aliphatic carbocycles. The molecule has 0 spiro atoms. The number of aliphatic hydroxyl groups excluding tert-OH is 1. The number of benzene rings is 1. The van der Waals surface area contributed by atoms with Crippen LogP contribution in [0.3, 0.4) is 0 Å². The van der Waals surface area contributed by atoms with Crippen molar-refractivity contribution in [3.63, 3.8) is 0 Å². The van der Waals surface area contributed by atoms with Crippen molar-refractivity contribution in [1.29, 1.82) is 0 Å². The molecule has 23 heavy (non-hydrogen) atoms. The summed E-state index contributed by atoms with van der Waals surface area (Å²) in [6.07, 6.45) is 1.84. The monoisotopic (exact) mass is 318 g/mol. The number of β-amino-alcohol motifs (C(OH)–C–C–N with tert-alkyl or cyclic N) is 1. The predicted molar refractivity (Wildman–Crippen MR) is 82.1 cm³/mol. The van der Waals surface area contributed by atoms with E-state index in [9.17, 15) is 15.2 Å². The molecule has 0 amide bonds. The first-order chi connectivity index (χ1) is 11.1. The molecule has 8 heteroatoms. The molecular formula is C15H18N4O4. The van der Waals surface area contributed by atoms with Crippen molar-refractivity contribution in [3.8, 4) is 5.75 Å². The molecule has 1 aromatic carbocycles. The van der Waals surface area contributed by atoms with E-state index in [2.05, 4.69) is 10.00 Å². The van der Waals surface area contributed by atoms with Gasteiger partial charge in [-0.2, -0.15) is 5.10 Å². The van der Waals surface area contributed by atoms with Crippen LogP contribution in [-0.4, -0.2) is 50.5 Å². The van der Waals surface area contributed by atoms with E-state index >= 15 is 0 Å². The van der Waals surface area contributed by atoms with Gasteiger partial charge in [-0.1, -0.05) is 18.2 Å². The lowest BCUT2D eigenvalue weighted by atomic mass is 10.2. The molecule has 122 valence electrons. The quantitative estimate of drug-likeness (QED) is 0.654. The van der Waals surface area contributed by atoms with E-state index in [1.807, 2.05) is 24.3 Å². The second-order valence-electron chi connectivity index (χ2n) is 5.52. The van der Waals surface area contributed by atoms with E-state index in [-0.39, 0.29) is 12.2 Å². The van der Waals surface area contributed by atoms with Crippen molar-refractivity contribution in [2.45, 2.75) is 19.2 Å². The lowest BCUT2D eigenvalue weighted by Crippen LogP contribution is -2.35. The van der Waals surface area contributed by atoms with Crippen molar-refractivity contribution < 1.29 is 14.8 Å². The number of ether oxygens (including phenoxy) is 1. The van der Waals surface area contributed by atoms with Crippen LogP contribution >= 0.6 is 0 Å². The standard InChI is InChI=1S/C15H18N4O4/c20-14(11-18-9-13(7-16-18)19(21)22)10-17-5-6-23-15-4-2-1-3-12(15)8-17/h1-4,7,9,14,20H,5-6,8,10-11H2/t14-/m0/s1. The second kappa shape index (κ2) is 6.76. The average Bonchev–Trinajstić information content (AvgIpc) is 2.88. The van der Waals surface area contributed by atoms with Crippen molar-refractivity contribution in [1.82, 2.24) is 14.7 Å². The van der Waals surface area contributed by atoms with Crippen LogP contribution in [0.5, 0.6) is 5.75 Å². The predicted octanol–water partition coefficient (Wildman–Crippen LogP) is 1.05. The van der Waals surface area contributed by atoms with Gasteiger partial charge >= 0.3 is 5.69 Å². The Kier molecular flexibility index (Phi) is 4.54. The zero-order valence-electron chi connectivity index (χ0n) is 12.5. The minimum absolute atomic E-state index is 0.0747. The molecule has 1 aliphatic rings. The maximum Gasteiger partial charge on any atom is 0.306 e. The van der Waals surface area contributed by atoms with Gasteiger partial charge in [0.05, 0.1) is 17.6 Å². The summed E-state index contributed by atoms with van der Waals surface area (Å²) in [4.78, 5) is 12.2. The van der Waals surface area contributed by atoms with Crippen LogP contribution in [-0.2, 0) is 13.1 Å². The molecule has 0 unspecified atom stereocenters. The third kappa shape index (κ3) is 3.85. The number of fused-ring (bicyclic) bond motifs is 1. The van der Waals surface area contributed by atoms with Gasteiger partial charge in [-0.05, 0) is 6.07 Å². The SMILES string of the molecule is O=[N+]([O-])c1cnn(C[C@@H](O)CN2CCOc3ccccc3C2)c1. The molecule has 0 bridgehead atoms. The average molecular weight is 318 g/mol. The Morgan fingerprint density at radius 2 is 2.22 bits per heavy atom. The fourth-order valence-corrected chi connectivity index (χ4v) is 2.65. The fraction of sp³-hybridized carbons (Fsp3) is 0.400. The molecular weight excluding hydrogens is 300 g/mol. The summed E-state index contributed by atoms with van der Waals surface area (Å²) >= 11 is 0. The Morgan fingerprint density at radius 1 is 1.39 bits per heavy atom. The van der Waals surface area contributed by atoms with Crippen molar-refractivity contribution in [3.05, 3.63) is 52.3 Å². The summed E-state index contributed by atoms with van der Waals surface area (Å²) in [6.45, 7) is 2.65. The van der Waals surface area contributed by atoms with Gasteiger partial charge in [-0.15, -0.1) is 0 Å². The van der Waals surface area contributed by atoms with Gasteiger partial charge in [0.15, 0.2) is 0 Å². The normalized spacial score (nSPS) is 16.2. The molecule has 0 saturated heterocycles. The lowest BCUT2D eigenvalue weighted by Gasteiger charge is -2.22. The minimum Gasteiger partial charge on any atom is -0.492 e. The fourth-order valence-electron chi connectivity index (χ4n) is 2.65. The molecule has 8 nitrogen and oxygen atoms in total. The Balaban J connectivity index is 1.59. The van der Waals surface area contributed by atoms with Crippen LogP contribution in [0.15, 0.2) is 36.7 Å². The highest BCUT2D eigenvalue weighted by atomic mass is 16.6. The highest BCUT2D eigenvalue weighted by molar-refractivity contribution is 5.33. The van der Waals surface area contributed by atoms with E-state index in [0.29, 0.717) is 26.2 Å². The molecule has 2 heterocycles. The number of rotatable bonds is 5. The second-order valence-corrected chi connectivity index (χ2v) is 5.52. The maximum atomic E-state index is 10.6. The van der Waals surface area contributed by atoms with Gasteiger partial charge in [-0.25, -0.2) is 0 Å². The zero-order valence-corrected chi connectivity index (χ0v) is 12.5. The van der Waals surface area contributed by atoms with Crippen LogP contribution in [0.25, 0.3) is 0 Å². The van der Waals surface area contributed by atoms with Crippen LogP contribution < -0.4 is 4.74 Å². The molecule has 0 radical (unpaired) electrons. The van der Waals surface area contributed by atoms with E-state index in [0.717, 1.165) is 11.3 Å². The summed E-state index contributed by atoms with van der Waals surface area (Å²) in [6, 6.07) is 7.86. The Morgan fingerprint density at radius 3 is 3.00 bits per heavy atom. The number of hydrogen-bond donors (Lipinski definition) is 1. The summed E-state index contributed by atoms with van der Waals surface area (Å²) < 4.78 is 7.09. The third-order valence-corrected chi connectivity index (χ3v) is 3.73. The van der Waals surface area contributed by atoms with Gasteiger partial charge in [0.1, 0.15) is 24.8 Å². The smallest absolute Gasteiger partial charge is 0.306 e. The van der Waals surface area contributed by atoms with E-state index in [1.165, 1.54) is 17.1 Å². The highest BCUT2D eigenvalue weighted by Gasteiger charge is 2.19. The first-order valence-corrected chi connectivity index (χ1v) is 7.40. The summed E-state index contributed by atoms with van der Waals surface area (Å²) in [5.74, 6) is 0.882. The molecule has 1 N–H and O–H groups in total. The molecule has 0 saturated carbocycles. The lowest BCUT2D eigenvalue weighted by molar-refractivity contribution is -0.385. The summed E-state index contributed by atoms with van der Waals surface area (Å²) in [7, 11) is 0. The maximum absolute atomic E-state index is 10.6. The first-order valence-electron chi connectivity index (χ1n) is 7.40. The molecule has 1 aromatic heterocycles. The summed E-state index contributed by atoms with van der Waals surface area (Å²) in [5, 5.41) is 24.8. The number of aromatic nitrogens is 2. The Labute approximate surface area is 133 Å². The van der Waals surface area contributed by atoms with Crippen LogP contribution in [0.2, 0.25) is 0 Å². The number of aliphatic hydroxyl groups is 1. The highest BCUT2D eigenvalue weighted by Crippen LogP contribution is 2.22. The van der Waals surface area contributed by atoms with Gasteiger partial charge in [0, 0.05) is 25.2 Å². The van der Waals surface area contributed by atoms with Gasteiger partial charge < -0.3 is 9.84 Å². The van der Waals surface area contributed by atoms with E-state index in [4.69, 9.17) is 4.74 Å². The molecule has 0 fully saturated rings. The molecule has 1 atom stereocenters. The number of para-hydroxylation sites is 1. The molecule has 3 rings (SSSR count). The van der Waals surface area contributed by atoms with Crippen LogP contribution in [0.1, 0.15) is 5.56 Å². The zero-order chi connectivity index (χ0) is 16.2. The van der Waals surface area contributed by atoms with Gasteiger partial charge in [0.2, 0.25) is 0 Å². The third-order valence-electron chi connectivity index (χ3n) is 3.73. The number of hydrogen-bond acceptors (Lipinski definition) is 6. The number of nitro groups is 1. The Bertz CT molecular complexity index is 688. The minimum atomic E-state index is -0.667. The van der Waals surface area contributed by atoms with Crippen molar-refractivity contribution in [2.75, 3.05) is 19.7 Å². The van der Waals surface area contributed by atoms with Crippen LogP contribution in [0.4, 0.5) is 5.69 Å². The van der Waals surface area contributed by atoms with Crippen molar-refractivity contribution >= 4 is 5.69 Å². The topological polar surface area (TPSA) is 93.7 Å². The van der Waals surface area contributed by atoms with E-state index < -0.39 is 11.0 Å². The molecule has 1 aliphatic heterocycles.